The van der Waals surface area contributed by atoms with E-state index in [1.165, 1.54) is 19.1 Å². The molecule has 2 fully saturated rings. The van der Waals surface area contributed by atoms with Crippen molar-refractivity contribution < 1.29 is 19.1 Å². The minimum absolute atomic E-state index is 0.0232. The number of piperidine rings is 1. The number of carbonyl (C=O) groups is 2. The van der Waals surface area contributed by atoms with Crippen molar-refractivity contribution in [1.29, 1.82) is 0 Å². The summed E-state index contributed by atoms with van der Waals surface area (Å²) in [6.07, 6.45) is 1.94. The van der Waals surface area contributed by atoms with Crippen LogP contribution in [-0.4, -0.2) is 99.9 Å². The lowest BCUT2D eigenvalue weighted by molar-refractivity contribution is -0.140. The Bertz CT molecular complexity index is 988. The number of carbonyl (C=O) groups excluding carboxylic acids is 2. The molecule has 0 bridgehead atoms. The van der Waals surface area contributed by atoms with E-state index < -0.39 is 6.10 Å². The van der Waals surface area contributed by atoms with E-state index in [0.717, 1.165) is 5.56 Å². The van der Waals surface area contributed by atoms with Crippen LogP contribution in [0.1, 0.15) is 19.8 Å². The summed E-state index contributed by atoms with van der Waals surface area (Å²) in [5, 5.41) is 20.7. The number of aromatic nitrogens is 3. The smallest absolute Gasteiger partial charge is 0.251 e. The molecule has 0 spiro atoms. The monoisotopic (exact) mass is 471 g/mol. The summed E-state index contributed by atoms with van der Waals surface area (Å²) >= 11 is 0. The molecule has 1 atom stereocenters. The van der Waals surface area contributed by atoms with Crippen LogP contribution in [0.25, 0.3) is 11.3 Å². The van der Waals surface area contributed by atoms with Gasteiger partial charge >= 0.3 is 0 Å². The van der Waals surface area contributed by atoms with E-state index in [2.05, 4.69) is 25.4 Å². The van der Waals surface area contributed by atoms with Gasteiger partial charge in [-0.15, -0.1) is 5.10 Å². The molecule has 2 amide bonds. The van der Waals surface area contributed by atoms with Crippen LogP contribution in [0.2, 0.25) is 0 Å². The number of likely N-dealkylation sites (tertiary alicyclic amines) is 1. The number of hydrogen-bond acceptors (Lipinski definition) is 8. The number of rotatable bonds is 6. The molecule has 11 heteroatoms. The second kappa shape index (κ2) is 10.8. The number of piperazine rings is 1. The van der Waals surface area contributed by atoms with Gasteiger partial charge in [-0.2, -0.15) is 5.10 Å². The number of benzene rings is 1. The number of aliphatic hydroxyl groups is 1. The molecule has 2 N–H and O–H groups in total. The van der Waals surface area contributed by atoms with E-state index in [-0.39, 0.29) is 23.7 Å². The number of nitrogens with zero attached hydrogens (tertiary/aromatic N) is 6. The highest BCUT2D eigenvalue weighted by atomic mass is 19.1. The first-order valence-corrected chi connectivity index (χ1v) is 11.6. The molecule has 34 heavy (non-hydrogen) atoms. The summed E-state index contributed by atoms with van der Waals surface area (Å²) in [5.41, 5.74) is 1.40. The molecule has 0 saturated carbocycles. The second-order valence-corrected chi connectivity index (χ2v) is 8.75. The van der Waals surface area contributed by atoms with Crippen molar-refractivity contribution in [2.24, 2.45) is 0 Å². The fourth-order valence-electron chi connectivity index (χ4n) is 4.28. The third-order valence-electron chi connectivity index (χ3n) is 6.24. The third kappa shape index (κ3) is 6.03. The molecule has 10 nitrogen and oxygen atoms in total. The first-order valence-electron chi connectivity index (χ1n) is 11.6. The Balaban J connectivity index is 1.22. The molecule has 2 aliphatic rings. The molecule has 0 radical (unpaired) electrons. The lowest BCUT2D eigenvalue weighted by Gasteiger charge is -2.35. The lowest BCUT2D eigenvalue weighted by atomic mass is 10.0. The molecule has 2 saturated heterocycles. The first kappa shape index (κ1) is 24.0. The fourth-order valence-corrected chi connectivity index (χ4v) is 4.28. The minimum atomic E-state index is -0.989. The number of halogens is 1. The van der Waals surface area contributed by atoms with Crippen molar-refractivity contribution in [1.82, 2.24) is 30.3 Å². The predicted octanol–water partition coefficient (Wildman–Crippen LogP) is 0.288. The molecule has 1 aromatic heterocycles. The van der Waals surface area contributed by atoms with Crippen LogP contribution in [-0.2, 0) is 9.59 Å². The van der Waals surface area contributed by atoms with Gasteiger partial charge in [0, 0.05) is 50.9 Å². The van der Waals surface area contributed by atoms with E-state index in [9.17, 15) is 19.1 Å². The standard InChI is InChI=1S/C23H30FN7O3/c1-16(32)22(34)30-8-6-19(7-9-30)26-21(33)15-29-10-12-31(13-11-29)23-27-20(14-25-28-23)17-2-4-18(24)5-3-17/h2-5,14,16,19,32H,6-13,15H2,1H3,(H,26,33)/t16-/m1/s1. The topological polar surface area (TPSA) is 115 Å². The SMILES string of the molecule is C[C@@H](O)C(=O)N1CCC(NC(=O)CN2CCN(c3nncc(-c4ccc(F)cc4)n3)CC2)CC1. The van der Waals surface area contributed by atoms with Crippen LogP contribution < -0.4 is 10.2 Å². The Morgan fingerprint density at radius 3 is 2.44 bits per heavy atom. The molecular weight excluding hydrogens is 441 g/mol. The first-order chi connectivity index (χ1) is 16.4. The largest absolute Gasteiger partial charge is 0.384 e. The summed E-state index contributed by atoms with van der Waals surface area (Å²) in [6.45, 7) is 5.59. The van der Waals surface area contributed by atoms with Crippen LogP contribution in [0.15, 0.2) is 30.5 Å². The number of amides is 2. The summed E-state index contributed by atoms with van der Waals surface area (Å²) < 4.78 is 13.2. The average molecular weight is 472 g/mol. The Hall–Kier alpha value is -3.18. The molecule has 0 unspecified atom stereocenters. The lowest BCUT2D eigenvalue weighted by Crippen LogP contribution is -2.53. The van der Waals surface area contributed by atoms with Gasteiger partial charge in [0.2, 0.25) is 11.9 Å². The average Bonchev–Trinajstić information content (AvgIpc) is 2.85. The summed E-state index contributed by atoms with van der Waals surface area (Å²) in [5.74, 6) is -0.0672. The highest BCUT2D eigenvalue weighted by Crippen LogP contribution is 2.19. The highest BCUT2D eigenvalue weighted by Gasteiger charge is 2.27. The van der Waals surface area contributed by atoms with E-state index in [4.69, 9.17) is 0 Å². The maximum Gasteiger partial charge on any atom is 0.251 e. The molecule has 0 aliphatic carbocycles. The van der Waals surface area contributed by atoms with Crippen LogP contribution in [0, 0.1) is 5.82 Å². The van der Waals surface area contributed by atoms with Gasteiger partial charge in [0.1, 0.15) is 11.9 Å². The van der Waals surface area contributed by atoms with Gasteiger partial charge < -0.3 is 20.2 Å². The number of nitrogens with one attached hydrogen (secondary N) is 1. The highest BCUT2D eigenvalue weighted by molar-refractivity contribution is 5.80. The van der Waals surface area contributed by atoms with Gasteiger partial charge in [0.15, 0.2) is 0 Å². The van der Waals surface area contributed by atoms with Crippen molar-refractivity contribution in [3.05, 3.63) is 36.3 Å². The van der Waals surface area contributed by atoms with Crippen molar-refractivity contribution in [2.75, 3.05) is 50.7 Å². The quantitative estimate of drug-likeness (QED) is 0.618. The number of aliphatic hydroxyl groups excluding tert-OH is 1. The van der Waals surface area contributed by atoms with E-state index in [0.29, 0.717) is 70.3 Å². The van der Waals surface area contributed by atoms with Gasteiger partial charge in [0.25, 0.3) is 5.91 Å². The second-order valence-electron chi connectivity index (χ2n) is 8.75. The zero-order valence-corrected chi connectivity index (χ0v) is 19.2. The third-order valence-corrected chi connectivity index (χ3v) is 6.24. The molecule has 2 aliphatic heterocycles. The molecule has 3 heterocycles. The van der Waals surface area contributed by atoms with E-state index in [1.807, 2.05) is 4.90 Å². The Labute approximate surface area is 197 Å². The van der Waals surface area contributed by atoms with Crippen molar-refractivity contribution in [3.63, 3.8) is 0 Å². The summed E-state index contributed by atoms with van der Waals surface area (Å²) in [7, 11) is 0. The zero-order chi connectivity index (χ0) is 24.1. The molecule has 182 valence electrons. The van der Waals surface area contributed by atoms with E-state index in [1.54, 1.807) is 23.2 Å². The van der Waals surface area contributed by atoms with Gasteiger partial charge in [-0.3, -0.25) is 14.5 Å². The summed E-state index contributed by atoms with van der Waals surface area (Å²) in [4.78, 5) is 34.8. The molecular formula is C23H30FN7O3. The van der Waals surface area contributed by atoms with Crippen LogP contribution in [0.5, 0.6) is 0 Å². The van der Waals surface area contributed by atoms with Crippen LogP contribution >= 0.6 is 0 Å². The van der Waals surface area contributed by atoms with Crippen molar-refractivity contribution in [2.45, 2.75) is 31.9 Å². The van der Waals surface area contributed by atoms with Gasteiger partial charge in [-0.25, -0.2) is 9.37 Å². The maximum atomic E-state index is 13.2. The van der Waals surface area contributed by atoms with Crippen LogP contribution in [0.4, 0.5) is 10.3 Å². The maximum absolute atomic E-state index is 13.2. The summed E-state index contributed by atoms with van der Waals surface area (Å²) in [6, 6.07) is 6.14. The van der Waals surface area contributed by atoms with Crippen molar-refractivity contribution >= 4 is 17.8 Å². The van der Waals surface area contributed by atoms with Gasteiger partial charge in [-0.1, -0.05) is 0 Å². The zero-order valence-electron chi connectivity index (χ0n) is 19.2. The van der Waals surface area contributed by atoms with Gasteiger partial charge in [-0.05, 0) is 44.0 Å². The Kier molecular flexibility index (Phi) is 7.63. The molecule has 4 rings (SSSR count). The van der Waals surface area contributed by atoms with E-state index >= 15 is 0 Å². The Morgan fingerprint density at radius 2 is 1.79 bits per heavy atom. The van der Waals surface area contributed by atoms with Crippen LogP contribution in [0.3, 0.4) is 0 Å². The van der Waals surface area contributed by atoms with Crippen molar-refractivity contribution in [3.8, 4) is 11.3 Å². The Morgan fingerprint density at radius 1 is 1.12 bits per heavy atom. The predicted molar refractivity (Wildman–Crippen MR) is 123 cm³/mol. The molecule has 1 aromatic carbocycles. The normalized spacial score (nSPS) is 18.6. The fraction of sp³-hybridized carbons (Fsp3) is 0.522. The van der Waals surface area contributed by atoms with Gasteiger partial charge in [0.05, 0.1) is 18.4 Å². The number of anilines is 1. The molecule has 2 aromatic rings. The number of hydrogen-bond donors (Lipinski definition) is 2. The minimum Gasteiger partial charge on any atom is -0.384 e.